The maximum Gasteiger partial charge on any atom is 0.269 e. The first-order valence-electron chi connectivity index (χ1n) is 5.45. The van der Waals surface area contributed by atoms with Crippen LogP contribution >= 0.6 is 11.6 Å². The van der Waals surface area contributed by atoms with Crippen LogP contribution < -0.4 is 10.6 Å². The Labute approximate surface area is 104 Å². The van der Waals surface area contributed by atoms with Crippen LogP contribution in [0.25, 0.3) is 0 Å². The number of nitrogens with one attached hydrogen (secondary N) is 2. The van der Waals surface area contributed by atoms with Gasteiger partial charge in [0, 0.05) is 31.7 Å². The summed E-state index contributed by atoms with van der Waals surface area (Å²) in [4.78, 5) is 15.6. The topological polar surface area (TPSA) is 74.2 Å². The lowest BCUT2D eigenvalue weighted by molar-refractivity contribution is 0.0922. The molecular formula is C11H14ClN3O2. The molecule has 0 bridgehead atoms. The number of aliphatic hydroxyl groups excluding tert-OH is 1. The van der Waals surface area contributed by atoms with Gasteiger partial charge in [-0.3, -0.25) is 4.79 Å². The van der Waals surface area contributed by atoms with Gasteiger partial charge in [0.2, 0.25) is 0 Å². The lowest BCUT2D eigenvalue weighted by atomic mass is 10.1. The number of pyridine rings is 1. The fourth-order valence-corrected chi connectivity index (χ4v) is 1.86. The van der Waals surface area contributed by atoms with Gasteiger partial charge >= 0.3 is 0 Å². The number of carbonyl (C=O) groups excluding carboxylic acids is 1. The fraction of sp³-hybridized carbons (Fsp3) is 0.455. The van der Waals surface area contributed by atoms with Gasteiger partial charge in [0.25, 0.3) is 5.91 Å². The third-order valence-corrected chi connectivity index (χ3v) is 3.01. The molecular weight excluding hydrogens is 242 g/mol. The van der Waals surface area contributed by atoms with E-state index in [0.717, 1.165) is 6.54 Å². The Bertz CT molecular complexity index is 396. The van der Waals surface area contributed by atoms with Crippen molar-refractivity contribution in [2.75, 3.05) is 19.6 Å². The zero-order valence-corrected chi connectivity index (χ0v) is 9.94. The van der Waals surface area contributed by atoms with E-state index in [1.165, 1.54) is 6.20 Å². The van der Waals surface area contributed by atoms with E-state index in [-0.39, 0.29) is 11.8 Å². The zero-order chi connectivity index (χ0) is 12.3. The summed E-state index contributed by atoms with van der Waals surface area (Å²) in [6, 6.07) is 3.19. The molecule has 2 unspecified atom stereocenters. The van der Waals surface area contributed by atoms with Crippen molar-refractivity contribution in [3.05, 3.63) is 29.0 Å². The second-order valence-corrected chi connectivity index (χ2v) is 4.49. The van der Waals surface area contributed by atoms with Crippen LogP contribution in [0.3, 0.4) is 0 Å². The molecule has 1 aromatic rings. The number of β-amino-alcohol motifs (C(OH)–C–C–N with tert-alkyl or cyclic N) is 1. The minimum absolute atomic E-state index is 0.0613. The zero-order valence-electron chi connectivity index (χ0n) is 9.19. The minimum atomic E-state index is -0.395. The number of halogens is 1. The fourth-order valence-electron chi connectivity index (χ4n) is 1.75. The first kappa shape index (κ1) is 12.3. The molecule has 2 heterocycles. The van der Waals surface area contributed by atoms with Crippen molar-refractivity contribution in [1.29, 1.82) is 0 Å². The Morgan fingerprint density at radius 2 is 2.41 bits per heavy atom. The van der Waals surface area contributed by atoms with Crippen LogP contribution in [0.15, 0.2) is 18.3 Å². The average Bonchev–Trinajstić information content (AvgIpc) is 2.73. The van der Waals surface area contributed by atoms with Crippen molar-refractivity contribution in [3.8, 4) is 0 Å². The number of amides is 1. The highest BCUT2D eigenvalue weighted by Crippen LogP contribution is 2.08. The molecule has 0 spiro atoms. The maximum absolute atomic E-state index is 11.7. The van der Waals surface area contributed by atoms with Gasteiger partial charge in [0.05, 0.1) is 11.1 Å². The van der Waals surface area contributed by atoms with Crippen molar-refractivity contribution < 1.29 is 9.90 Å². The number of hydrogen-bond donors (Lipinski definition) is 3. The Kier molecular flexibility index (Phi) is 3.93. The summed E-state index contributed by atoms with van der Waals surface area (Å²) < 4.78 is 0. The first-order chi connectivity index (χ1) is 8.16. The van der Waals surface area contributed by atoms with Gasteiger partial charge in [-0.2, -0.15) is 0 Å². The van der Waals surface area contributed by atoms with E-state index in [9.17, 15) is 9.90 Å². The summed E-state index contributed by atoms with van der Waals surface area (Å²) in [6.45, 7) is 1.74. The quantitative estimate of drug-likeness (QED) is 0.713. The molecule has 3 N–H and O–H groups in total. The molecule has 17 heavy (non-hydrogen) atoms. The number of rotatable bonds is 3. The van der Waals surface area contributed by atoms with Crippen molar-refractivity contribution in [2.24, 2.45) is 5.92 Å². The highest BCUT2D eigenvalue weighted by atomic mass is 35.5. The molecule has 1 amide bonds. The van der Waals surface area contributed by atoms with Gasteiger partial charge < -0.3 is 15.7 Å². The van der Waals surface area contributed by atoms with Crippen LogP contribution in [-0.4, -0.2) is 41.7 Å². The highest BCUT2D eigenvalue weighted by molar-refractivity contribution is 6.30. The molecule has 1 aliphatic heterocycles. The largest absolute Gasteiger partial charge is 0.391 e. The van der Waals surface area contributed by atoms with E-state index >= 15 is 0 Å². The van der Waals surface area contributed by atoms with E-state index in [2.05, 4.69) is 15.6 Å². The van der Waals surface area contributed by atoms with Gasteiger partial charge in [0.1, 0.15) is 5.69 Å². The van der Waals surface area contributed by atoms with E-state index < -0.39 is 6.10 Å². The summed E-state index contributed by atoms with van der Waals surface area (Å²) in [5, 5.41) is 15.9. The second kappa shape index (κ2) is 5.44. The molecule has 6 heteroatoms. The predicted molar refractivity (Wildman–Crippen MR) is 63.9 cm³/mol. The number of carbonyl (C=O) groups is 1. The molecule has 1 saturated heterocycles. The summed E-state index contributed by atoms with van der Waals surface area (Å²) in [7, 11) is 0. The first-order valence-corrected chi connectivity index (χ1v) is 5.83. The van der Waals surface area contributed by atoms with Crippen molar-refractivity contribution >= 4 is 17.5 Å². The van der Waals surface area contributed by atoms with Crippen LogP contribution in [0.5, 0.6) is 0 Å². The Balaban J connectivity index is 1.87. The smallest absolute Gasteiger partial charge is 0.269 e. The molecule has 5 nitrogen and oxygen atoms in total. The number of nitrogens with zero attached hydrogens (tertiary/aromatic N) is 1. The third-order valence-electron chi connectivity index (χ3n) is 2.79. The summed E-state index contributed by atoms with van der Waals surface area (Å²) >= 11 is 5.68. The van der Waals surface area contributed by atoms with Crippen LogP contribution in [-0.2, 0) is 0 Å². The molecule has 1 aromatic heterocycles. The third kappa shape index (κ3) is 3.15. The number of aliphatic hydroxyl groups is 1. The van der Waals surface area contributed by atoms with Crippen LogP contribution in [0.1, 0.15) is 10.5 Å². The number of hydrogen-bond acceptors (Lipinski definition) is 4. The second-order valence-electron chi connectivity index (χ2n) is 4.06. The van der Waals surface area contributed by atoms with Gasteiger partial charge in [0.15, 0.2) is 0 Å². The van der Waals surface area contributed by atoms with E-state index in [0.29, 0.717) is 23.8 Å². The van der Waals surface area contributed by atoms with Gasteiger partial charge in [-0.25, -0.2) is 4.98 Å². The molecule has 1 fully saturated rings. The summed E-state index contributed by atoms with van der Waals surface area (Å²) in [5.74, 6) is -0.188. The molecule has 2 rings (SSSR count). The van der Waals surface area contributed by atoms with Crippen LogP contribution in [0.2, 0.25) is 5.02 Å². The Hall–Kier alpha value is -1.17. The molecule has 2 atom stereocenters. The summed E-state index contributed by atoms with van der Waals surface area (Å²) in [6.07, 6.45) is 1.04. The van der Waals surface area contributed by atoms with Gasteiger partial charge in [-0.05, 0) is 12.1 Å². The average molecular weight is 256 g/mol. The minimum Gasteiger partial charge on any atom is -0.391 e. The van der Waals surface area contributed by atoms with E-state index in [1.807, 2.05) is 0 Å². The number of aromatic nitrogens is 1. The van der Waals surface area contributed by atoms with E-state index in [1.54, 1.807) is 12.1 Å². The molecule has 0 aromatic carbocycles. The lowest BCUT2D eigenvalue weighted by Gasteiger charge is -2.13. The van der Waals surface area contributed by atoms with E-state index in [4.69, 9.17) is 11.6 Å². The highest BCUT2D eigenvalue weighted by Gasteiger charge is 2.25. The molecule has 1 aliphatic rings. The normalized spacial score (nSPS) is 23.6. The molecule has 0 saturated carbocycles. The lowest BCUT2D eigenvalue weighted by Crippen LogP contribution is -2.34. The van der Waals surface area contributed by atoms with Crippen LogP contribution in [0.4, 0.5) is 0 Å². The van der Waals surface area contributed by atoms with Crippen molar-refractivity contribution in [3.63, 3.8) is 0 Å². The summed E-state index contributed by atoms with van der Waals surface area (Å²) in [5.41, 5.74) is 0.329. The van der Waals surface area contributed by atoms with Crippen LogP contribution in [0, 0.1) is 5.92 Å². The Morgan fingerprint density at radius 1 is 1.59 bits per heavy atom. The van der Waals surface area contributed by atoms with Crippen molar-refractivity contribution in [2.45, 2.75) is 6.10 Å². The monoisotopic (exact) mass is 255 g/mol. The molecule has 0 aliphatic carbocycles. The maximum atomic E-state index is 11.7. The van der Waals surface area contributed by atoms with Gasteiger partial charge in [-0.15, -0.1) is 0 Å². The Morgan fingerprint density at radius 3 is 3.00 bits per heavy atom. The van der Waals surface area contributed by atoms with Crippen molar-refractivity contribution in [1.82, 2.24) is 15.6 Å². The molecule has 92 valence electrons. The predicted octanol–water partition coefficient (Wildman–Crippen LogP) is 0.0451. The standard InChI is InChI=1S/C11H14ClN3O2/c12-8-1-2-9(14-5-8)11(17)15-4-7-3-13-6-10(7)16/h1-2,5,7,10,13,16H,3-4,6H2,(H,15,17). The SMILES string of the molecule is O=C(NCC1CNCC1O)c1ccc(Cl)cn1. The molecule has 0 radical (unpaired) electrons. The van der Waals surface area contributed by atoms with Gasteiger partial charge in [-0.1, -0.05) is 11.6 Å².